The summed E-state index contributed by atoms with van der Waals surface area (Å²) in [6.07, 6.45) is -2.87. The van der Waals surface area contributed by atoms with Gasteiger partial charge in [-0.3, -0.25) is 0 Å². The second kappa shape index (κ2) is 4.85. The van der Waals surface area contributed by atoms with Crippen LogP contribution in [0.2, 0.25) is 0 Å². The van der Waals surface area contributed by atoms with Gasteiger partial charge in [0, 0.05) is 0 Å². The maximum absolute atomic E-state index is 13.1. The van der Waals surface area contributed by atoms with Gasteiger partial charge in [-0.1, -0.05) is 20.3 Å². The maximum Gasteiger partial charge on any atom is 0.416 e. The molecule has 0 aromatic heterocycles. The Labute approximate surface area is 92.3 Å². The summed E-state index contributed by atoms with van der Waals surface area (Å²) < 4.78 is 50.4. The molecular weight excluding hydrogens is 220 g/mol. The molecule has 1 rings (SSSR count). The Balaban J connectivity index is 3.08. The summed E-state index contributed by atoms with van der Waals surface area (Å²) in [5.74, 6) is -0.880. The number of alkyl halides is 3. The third-order valence-electron chi connectivity index (χ3n) is 2.54. The average molecular weight is 234 g/mol. The normalized spacial score (nSPS) is 13.9. The van der Waals surface area contributed by atoms with Crippen LogP contribution in [0.1, 0.15) is 43.7 Å². The molecule has 0 aliphatic heterocycles. The zero-order chi connectivity index (χ0) is 12.3. The first-order chi connectivity index (χ1) is 7.34. The Morgan fingerprint density at radius 1 is 1.19 bits per heavy atom. The highest BCUT2D eigenvalue weighted by molar-refractivity contribution is 5.29. The average Bonchev–Trinajstić information content (AvgIpc) is 2.16. The standard InChI is InChI=1S/C12H14F4/c1-3-4-8(2)9-5-10(12(14,15)16)7-11(13)6-9/h5-8H,3-4H2,1-2H3. The van der Waals surface area contributed by atoms with Crippen molar-refractivity contribution in [3.05, 3.63) is 35.1 Å². The first kappa shape index (κ1) is 13.0. The molecule has 1 unspecified atom stereocenters. The van der Waals surface area contributed by atoms with E-state index in [9.17, 15) is 17.6 Å². The van der Waals surface area contributed by atoms with E-state index in [4.69, 9.17) is 0 Å². The van der Waals surface area contributed by atoms with Crippen molar-refractivity contribution in [3.8, 4) is 0 Å². The van der Waals surface area contributed by atoms with Gasteiger partial charge in [0.15, 0.2) is 0 Å². The van der Waals surface area contributed by atoms with E-state index in [0.717, 1.165) is 18.9 Å². The summed E-state index contributed by atoms with van der Waals surface area (Å²) in [4.78, 5) is 0. The minimum atomic E-state index is -4.48. The van der Waals surface area contributed by atoms with Crippen molar-refractivity contribution in [2.24, 2.45) is 0 Å². The number of rotatable bonds is 3. The first-order valence-electron chi connectivity index (χ1n) is 5.22. The van der Waals surface area contributed by atoms with Crippen LogP contribution in [0.15, 0.2) is 18.2 Å². The lowest BCUT2D eigenvalue weighted by Gasteiger charge is -2.14. The number of hydrogen-bond acceptors (Lipinski definition) is 0. The third kappa shape index (κ3) is 3.22. The van der Waals surface area contributed by atoms with Gasteiger partial charge in [-0.05, 0) is 36.1 Å². The number of hydrogen-bond donors (Lipinski definition) is 0. The van der Waals surface area contributed by atoms with Gasteiger partial charge < -0.3 is 0 Å². The van der Waals surface area contributed by atoms with E-state index in [2.05, 4.69) is 0 Å². The van der Waals surface area contributed by atoms with E-state index in [1.807, 2.05) is 6.92 Å². The summed E-state index contributed by atoms with van der Waals surface area (Å²) in [5, 5.41) is 0. The van der Waals surface area contributed by atoms with Crippen molar-refractivity contribution in [1.29, 1.82) is 0 Å². The monoisotopic (exact) mass is 234 g/mol. The molecule has 1 atom stereocenters. The summed E-state index contributed by atoms with van der Waals surface area (Å²) in [6, 6.07) is 2.74. The Hall–Kier alpha value is -1.06. The van der Waals surface area contributed by atoms with E-state index in [1.165, 1.54) is 6.07 Å². The molecule has 0 heterocycles. The fourth-order valence-electron chi connectivity index (χ4n) is 1.66. The molecule has 0 spiro atoms. The fraction of sp³-hybridized carbons (Fsp3) is 0.500. The Morgan fingerprint density at radius 2 is 1.81 bits per heavy atom. The molecule has 0 aliphatic rings. The molecule has 0 N–H and O–H groups in total. The zero-order valence-electron chi connectivity index (χ0n) is 9.24. The highest BCUT2D eigenvalue weighted by atomic mass is 19.4. The lowest BCUT2D eigenvalue weighted by molar-refractivity contribution is -0.137. The zero-order valence-corrected chi connectivity index (χ0v) is 9.24. The van der Waals surface area contributed by atoms with Crippen molar-refractivity contribution in [1.82, 2.24) is 0 Å². The second-order valence-corrected chi connectivity index (χ2v) is 3.96. The Morgan fingerprint density at radius 3 is 2.31 bits per heavy atom. The van der Waals surface area contributed by atoms with Crippen molar-refractivity contribution in [2.45, 2.75) is 38.8 Å². The lowest BCUT2D eigenvalue weighted by atomic mass is 9.95. The molecule has 4 heteroatoms. The van der Waals surface area contributed by atoms with E-state index in [1.54, 1.807) is 6.92 Å². The quantitative estimate of drug-likeness (QED) is 0.662. The van der Waals surface area contributed by atoms with Gasteiger partial charge in [0.05, 0.1) is 5.56 Å². The molecule has 0 fully saturated rings. The molecule has 0 aliphatic carbocycles. The SMILES string of the molecule is CCCC(C)c1cc(F)cc(C(F)(F)F)c1. The van der Waals surface area contributed by atoms with Gasteiger partial charge in [-0.15, -0.1) is 0 Å². The van der Waals surface area contributed by atoms with Crippen LogP contribution in [0.5, 0.6) is 0 Å². The predicted molar refractivity (Wildman–Crippen MR) is 54.7 cm³/mol. The van der Waals surface area contributed by atoms with Gasteiger partial charge in [-0.25, -0.2) is 4.39 Å². The van der Waals surface area contributed by atoms with Crippen molar-refractivity contribution < 1.29 is 17.6 Å². The molecule has 0 amide bonds. The number of halogens is 4. The molecule has 1 aromatic rings. The van der Waals surface area contributed by atoms with Crippen molar-refractivity contribution in [2.75, 3.05) is 0 Å². The van der Waals surface area contributed by atoms with Crippen LogP contribution in [0.3, 0.4) is 0 Å². The van der Waals surface area contributed by atoms with E-state index < -0.39 is 17.6 Å². The Kier molecular flexibility index (Phi) is 3.94. The van der Waals surface area contributed by atoms with Gasteiger partial charge in [0.2, 0.25) is 0 Å². The van der Waals surface area contributed by atoms with Crippen molar-refractivity contribution >= 4 is 0 Å². The highest BCUT2D eigenvalue weighted by Crippen LogP contribution is 2.32. The molecule has 90 valence electrons. The predicted octanol–water partition coefficient (Wildman–Crippen LogP) is 4.75. The largest absolute Gasteiger partial charge is 0.416 e. The minimum absolute atomic E-state index is 0.0539. The lowest BCUT2D eigenvalue weighted by Crippen LogP contribution is -2.07. The van der Waals surface area contributed by atoms with Crippen LogP contribution in [-0.4, -0.2) is 0 Å². The second-order valence-electron chi connectivity index (χ2n) is 3.96. The topological polar surface area (TPSA) is 0 Å². The third-order valence-corrected chi connectivity index (χ3v) is 2.54. The molecule has 0 saturated heterocycles. The van der Waals surface area contributed by atoms with Gasteiger partial charge in [0.1, 0.15) is 5.82 Å². The molecule has 0 saturated carbocycles. The van der Waals surface area contributed by atoms with Crippen LogP contribution >= 0.6 is 0 Å². The van der Waals surface area contributed by atoms with E-state index in [-0.39, 0.29) is 5.92 Å². The maximum atomic E-state index is 13.1. The van der Waals surface area contributed by atoms with Crippen LogP contribution in [-0.2, 0) is 6.18 Å². The molecule has 0 nitrogen and oxygen atoms in total. The van der Waals surface area contributed by atoms with Gasteiger partial charge in [-0.2, -0.15) is 13.2 Å². The van der Waals surface area contributed by atoms with Gasteiger partial charge in [0.25, 0.3) is 0 Å². The van der Waals surface area contributed by atoms with E-state index in [0.29, 0.717) is 11.6 Å². The van der Waals surface area contributed by atoms with Gasteiger partial charge >= 0.3 is 6.18 Å². The number of benzene rings is 1. The summed E-state index contributed by atoms with van der Waals surface area (Å²) in [6.45, 7) is 3.75. The molecule has 0 bridgehead atoms. The molecule has 1 aromatic carbocycles. The highest BCUT2D eigenvalue weighted by Gasteiger charge is 2.31. The smallest absolute Gasteiger partial charge is 0.207 e. The Bertz CT molecular complexity index is 355. The summed E-state index contributed by atoms with van der Waals surface area (Å²) in [5.41, 5.74) is -0.500. The molecule has 16 heavy (non-hydrogen) atoms. The van der Waals surface area contributed by atoms with Crippen LogP contribution < -0.4 is 0 Å². The fourth-order valence-corrected chi connectivity index (χ4v) is 1.66. The van der Waals surface area contributed by atoms with Crippen LogP contribution in [0.4, 0.5) is 17.6 Å². The van der Waals surface area contributed by atoms with Crippen LogP contribution in [0, 0.1) is 5.82 Å². The summed E-state index contributed by atoms with van der Waals surface area (Å²) >= 11 is 0. The first-order valence-corrected chi connectivity index (χ1v) is 5.22. The van der Waals surface area contributed by atoms with E-state index >= 15 is 0 Å². The summed E-state index contributed by atoms with van der Waals surface area (Å²) in [7, 11) is 0. The van der Waals surface area contributed by atoms with Crippen LogP contribution in [0.25, 0.3) is 0 Å². The molecule has 0 radical (unpaired) electrons. The molecular formula is C12H14F4. The van der Waals surface area contributed by atoms with Crippen molar-refractivity contribution in [3.63, 3.8) is 0 Å². The minimum Gasteiger partial charge on any atom is -0.207 e.